The fraction of sp³-hybridized carbons (Fsp3) is 0.667. The Morgan fingerprint density at radius 2 is 1.79 bits per heavy atom. The molecule has 1 amide bonds. The first-order chi connectivity index (χ1) is 13.7. The molecule has 0 aliphatic rings. The molecule has 0 radical (unpaired) electrons. The van der Waals surface area contributed by atoms with E-state index < -0.39 is 6.04 Å². The van der Waals surface area contributed by atoms with Crippen molar-refractivity contribution in [2.24, 2.45) is 5.92 Å². The summed E-state index contributed by atoms with van der Waals surface area (Å²) in [6.07, 6.45) is 4.09. The van der Waals surface area contributed by atoms with E-state index in [1.807, 2.05) is 25.1 Å². The number of benzene rings is 1. The largest absolute Gasteiger partial charge is 0.489 e. The number of Topliss-reactive ketones (excluding diaryl/α,β-unsaturated/α-hetero) is 1. The molecule has 0 saturated heterocycles. The van der Waals surface area contributed by atoms with Crippen molar-refractivity contribution in [3.8, 4) is 5.75 Å². The predicted molar refractivity (Wildman–Crippen MR) is 119 cm³/mol. The number of hydrogen-bond acceptors (Lipinski definition) is 4. The summed E-state index contributed by atoms with van der Waals surface area (Å²) >= 11 is 0. The normalized spacial score (nSPS) is 15.3. The zero-order valence-corrected chi connectivity index (χ0v) is 19.3. The lowest BCUT2D eigenvalue weighted by atomic mass is 9.97. The monoisotopic (exact) mass is 404 g/mol. The number of nitrogens with one attached hydrogen (secondary N) is 1. The first-order valence-corrected chi connectivity index (χ1v) is 11.0. The first kappa shape index (κ1) is 25.2. The topological polar surface area (TPSA) is 58.6 Å². The van der Waals surface area contributed by atoms with Crippen molar-refractivity contribution in [1.82, 2.24) is 10.2 Å². The number of carbonyl (C=O) groups excluding carboxylic acids is 2. The van der Waals surface area contributed by atoms with E-state index in [-0.39, 0.29) is 29.8 Å². The van der Waals surface area contributed by atoms with Crippen molar-refractivity contribution < 1.29 is 14.3 Å². The SMILES string of the molecule is CCCCc1ccccc1O[C@H](C)CN[C@H](C(=O)N(C)[C@H](C)C(C)=O)C(C)CC. The highest BCUT2D eigenvalue weighted by Crippen LogP contribution is 2.21. The van der Waals surface area contributed by atoms with Gasteiger partial charge in [-0.25, -0.2) is 0 Å². The second-order valence-corrected chi connectivity index (χ2v) is 8.15. The summed E-state index contributed by atoms with van der Waals surface area (Å²) in [6.45, 7) is 12.2. The first-order valence-electron chi connectivity index (χ1n) is 11.0. The molecule has 164 valence electrons. The van der Waals surface area contributed by atoms with Gasteiger partial charge in [0.15, 0.2) is 5.78 Å². The molecule has 1 unspecified atom stereocenters. The van der Waals surface area contributed by atoms with Crippen LogP contribution in [0.3, 0.4) is 0 Å². The average Bonchev–Trinajstić information content (AvgIpc) is 2.71. The lowest BCUT2D eigenvalue weighted by Crippen LogP contribution is -2.53. The highest BCUT2D eigenvalue weighted by molar-refractivity contribution is 5.89. The molecule has 1 aromatic carbocycles. The van der Waals surface area contributed by atoms with Crippen molar-refractivity contribution in [2.75, 3.05) is 13.6 Å². The predicted octanol–water partition coefficient (Wildman–Crippen LogP) is 4.24. The highest BCUT2D eigenvalue weighted by Gasteiger charge is 2.30. The number of hydrogen-bond donors (Lipinski definition) is 1. The Balaban J connectivity index is 2.77. The standard InChI is InChI=1S/C24H40N2O3/c1-8-10-13-21-14-11-12-15-22(21)29-18(4)16-25-23(17(3)9-2)24(28)26(7)19(5)20(6)27/h11-12,14-15,17-19,23,25H,8-10,13,16H2,1-7H3/t17?,18-,19-,23+/m1/s1. The summed E-state index contributed by atoms with van der Waals surface area (Å²) in [7, 11) is 1.70. The second kappa shape index (κ2) is 12.6. The number of carbonyl (C=O) groups is 2. The van der Waals surface area contributed by atoms with Gasteiger partial charge < -0.3 is 15.0 Å². The molecular weight excluding hydrogens is 364 g/mol. The minimum Gasteiger partial charge on any atom is -0.489 e. The fourth-order valence-electron chi connectivity index (χ4n) is 3.19. The van der Waals surface area contributed by atoms with Crippen LogP contribution in [0.4, 0.5) is 0 Å². The molecular formula is C24H40N2O3. The van der Waals surface area contributed by atoms with Crippen LogP contribution in [0, 0.1) is 5.92 Å². The second-order valence-electron chi connectivity index (χ2n) is 8.15. The van der Waals surface area contributed by atoms with Crippen molar-refractivity contribution in [3.05, 3.63) is 29.8 Å². The molecule has 0 saturated carbocycles. The molecule has 0 aliphatic heterocycles. The van der Waals surface area contributed by atoms with Gasteiger partial charge >= 0.3 is 0 Å². The molecule has 0 heterocycles. The van der Waals surface area contributed by atoms with E-state index >= 15 is 0 Å². The Kier molecular flexibility index (Phi) is 11.0. The molecule has 1 N–H and O–H groups in total. The molecule has 29 heavy (non-hydrogen) atoms. The third-order valence-corrected chi connectivity index (χ3v) is 5.72. The Bertz CT molecular complexity index is 647. The molecule has 5 nitrogen and oxygen atoms in total. The molecule has 5 heteroatoms. The van der Waals surface area contributed by atoms with Gasteiger partial charge in [-0.3, -0.25) is 9.59 Å². The smallest absolute Gasteiger partial charge is 0.240 e. The molecule has 0 spiro atoms. The lowest BCUT2D eigenvalue weighted by Gasteiger charge is -2.31. The number of ether oxygens (including phenoxy) is 1. The van der Waals surface area contributed by atoms with Crippen LogP contribution in [-0.2, 0) is 16.0 Å². The number of nitrogens with zero attached hydrogens (tertiary/aromatic N) is 1. The highest BCUT2D eigenvalue weighted by atomic mass is 16.5. The summed E-state index contributed by atoms with van der Waals surface area (Å²) in [5.74, 6) is 1.03. The van der Waals surface area contributed by atoms with Gasteiger partial charge in [-0.1, -0.05) is 51.8 Å². The minimum atomic E-state index is -0.421. The third kappa shape index (κ3) is 7.81. The van der Waals surface area contributed by atoms with Gasteiger partial charge in [-0.05, 0) is 51.2 Å². The molecule has 0 aliphatic carbocycles. The summed E-state index contributed by atoms with van der Waals surface area (Å²) in [4.78, 5) is 26.2. The van der Waals surface area contributed by atoms with Crippen LogP contribution in [-0.4, -0.2) is 48.4 Å². The Hall–Kier alpha value is -1.88. The maximum Gasteiger partial charge on any atom is 0.240 e. The van der Waals surface area contributed by atoms with E-state index in [0.717, 1.165) is 31.4 Å². The van der Waals surface area contributed by atoms with Gasteiger partial charge in [0.1, 0.15) is 11.9 Å². The molecule has 0 fully saturated rings. The minimum absolute atomic E-state index is 0.0101. The van der Waals surface area contributed by atoms with Crippen LogP contribution >= 0.6 is 0 Å². The van der Waals surface area contributed by atoms with E-state index in [9.17, 15) is 9.59 Å². The van der Waals surface area contributed by atoms with Gasteiger partial charge in [0.25, 0.3) is 0 Å². The van der Waals surface area contributed by atoms with Crippen molar-refractivity contribution in [2.45, 2.75) is 85.4 Å². The number of para-hydroxylation sites is 1. The number of ketones is 1. The zero-order valence-electron chi connectivity index (χ0n) is 19.3. The van der Waals surface area contributed by atoms with Crippen molar-refractivity contribution in [1.29, 1.82) is 0 Å². The Morgan fingerprint density at radius 3 is 2.38 bits per heavy atom. The van der Waals surface area contributed by atoms with Crippen LogP contribution < -0.4 is 10.1 Å². The van der Waals surface area contributed by atoms with E-state index in [2.05, 4.69) is 32.2 Å². The van der Waals surface area contributed by atoms with E-state index in [4.69, 9.17) is 4.74 Å². The van der Waals surface area contributed by atoms with Gasteiger partial charge in [-0.2, -0.15) is 0 Å². The average molecular weight is 405 g/mol. The van der Waals surface area contributed by atoms with Crippen molar-refractivity contribution >= 4 is 11.7 Å². The van der Waals surface area contributed by atoms with Crippen LogP contribution in [0.25, 0.3) is 0 Å². The van der Waals surface area contributed by atoms with E-state index in [1.165, 1.54) is 12.5 Å². The summed E-state index contributed by atoms with van der Waals surface area (Å²) < 4.78 is 6.19. The fourth-order valence-corrected chi connectivity index (χ4v) is 3.19. The number of aryl methyl sites for hydroxylation is 1. The third-order valence-electron chi connectivity index (χ3n) is 5.72. The molecule has 1 rings (SSSR count). The molecule has 4 atom stereocenters. The lowest BCUT2D eigenvalue weighted by molar-refractivity contribution is -0.139. The number of unbranched alkanes of at least 4 members (excludes halogenated alkanes) is 1. The van der Waals surface area contributed by atoms with E-state index in [1.54, 1.807) is 18.9 Å². The van der Waals surface area contributed by atoms with Crippen LogP contribution in [0.5, 0.6) is 5.75 Å². The summed E-state index contributed by atoms with van der Waals surface area (Å²) in [5, 5.41) is 3.40. The van der Waals surface area contributed by atoms with Crippen LogP contribution in [0.15, 0.2) is 24.3 Å². The quantitative estimate of drug-likeness (QED) is 0.534. The van der Waals surface area contributed by atoms with Crippen LogP contribution in [0.1, 0.15) is 66.4 Å². The molecule has 1 aromatic rings. The van der Waals surface area contributed by atoms with Crippen LogP contribution in [0.2, 0.25) is 0 Å². The summed E-state index contributed by atoms with van der Waals surface area (Å²) in [6, 6.07) is 7.41. The number of amides is 1. The van der Waals surface area contributed by atoms with Crippen molar-refractivity contribution in [3.63, 3.8) is 0 Å². The number of likely N-dealkylation sites (N-methyl/N-ethyl adjacent to an activating group) is 1. The van der Waals surface area contributed by atoms with Gasteiger partial charge in [0, 0.05) is 13.6 Å². The summed E-state index contributed by atoms with van der Waals surface area (Å²) in [5.41, 5.74) is 1.23. The zero-order chi connectivity index (χ0) is 22.0. The Morgan fingerprint density at radius 1 is 1.14 bits per heavy atom. The molecule has 0 aromatic heterocycles. The van der Waals surface area contributed by atoms with E-state index in [0.29, 0.717) is 6.54 Å². The van der Waals surface area contributed by atoms with Gasteiger partial charge in [0.05, 0.1) is 12.1 Å². The van der Waals surface area contributed by atoms with Gasteiger partial charge in [0.2, 0.25) is 5.91 Å². The maximum absolute atomic E-state index is 13.0. The maximum atomic E-state index is 13.0. The Labute approximate surface area is 177 Å². The number of rotatable bonds is 13. The molecule has 0 bridgehead atoms. The van der Waals surface area contributed by atoms with Gasteiger partial charge in [-0.15, -0.1) is 0 Å².